The number of methoxy groups -OCH3 is 1. The van der Waals surface area contributed by atoms with Crippen LogP contribution < -0.4 is 10.3 Å². The zero-order valence-corrected chi connectivity index (χ0v) is 14.8. The summed E-state index contributed by atoms with van der Waals surface area (Å²) in [6.07, 6.45) is 0. The van der Waals surface area contributed by atoms with Gasteiger partial charge in [0, 0.05) is 41.2 Å². The molecule has 1 N–H and O–H groups in total. The topological polar surface area (TPSA) is 106 Å². The lowest BCUT2D eigenvalue weighted by molar-refractivity contribution is -0.384. The molecule has 1 heterocycles. The minimum absolute atomic E-state index is 0.0595. The van der Waals surface area contributed by atoms with Crippen LogP contribution in [0.5, 0.6) is 5.75 Å². The second kappa shape index (κ2) is 7.28. The maximum Gasteiger partial charge on any atom is 0.270 e. The van der Waals surface area contributed by atoms with Gasteiger partial charge in [-0.05, 0) is 30.3 Å². The van der Waals surface area contributed by atoms with E-state index in [4.69, 9.17) is 4.74 Å². The summed E-state index contributed by atoms with van der Waals surface area (Å²) in [6, 6.07) is 12.5. The van der Waals surface area contributed by atoms with E-state index in [-0.39, 0.29) is 23.4 Å². The number of amides is 1. The van der Waals surface area contributed by atoms with Crippen molar-refractivity contribution in [2.24, 2.45) is 0 Å². The number of nitrogens with zero attached hydrogens (tertiary/aromatic N) is 2. The SMILES string of the molecule is COc1ccc2[nH]c(=O)c(CN(C)C(=O)c3cccc([N+](=O)[O-])c3)cc2c1. The molecule has 0 bridgehead atoms. The number of benzene rings is 2. The van der Waals surface area contributed by atoms with Crippen molar-refractivity contribution in [3.8, 4) is 5.75 Å². The smallest absolute Gasteiger partial charge is 0.270 e. The molecule has 2 aromatic carbocycles. The number of nitrogens with one attached hydrogen (secondary N) is 1. The number of ether oxygens (including phenoxy) is 1. The molecule has 0 radical (unpaired) electrons. The monoisotopic (exact) mass is 367 g/mol. The molecule has 0 saturated carbocycles. The number of fused-ring (bicyclic) bond motifs is 1. The van der Waals surface area contributed by atoms with Gasteiger partial charge in [-0.3, -0.25) is 19.7 Å². The largest absolute Gasteiger partial charge is 0.497 e. The Labute approximate surface area is 154 Å². The number of pyridine rings is 1. The summed E-state index contributed by atoms with van der Waals surface area (Å²) in [5, 5.41) is 11.7. The Bertz CT molecular complexity index is 1090. The molecule has 27 heavy (non-hydrogen) atoms. The highest BCUT2D eigenvalue weighted by atomic mass is 16.6. The number of rotatable bonds is 5. The van der Waals surface area contributed by atoms with E-state index in [0.717, 1.165) is 5.39 Å². The van der Waals surface area contributed by atoms with Crippen molar-refractivity contribution in [1.29, 1.82) is 0 Å². The first-order valence-corrected chi connectivity index (χ1v) is 8.09. The van der Waals surface area contributed by atoms with Crippen LogP contribution in [0, 0.1) is 10.1 Å². The number of hydrogen-bond donors (Lipinski definition) is 1. The number of carbonyl (C=O) groups is 1. The lowest BCUT2D eigenvalue weighted by Crippen LogP contribution is -2.29. The maximum absolute atomic E-state index is 12.6. The summed E-state index contributed by atoms with van der Waals surface area (Å²) in [6.45, 7) is 0.0595. The zero-order valence-electron chi connectivity index (χ0n) is 14.8. The van der Waals surface area contributed by atoms with Gasteiger partial charge in [0.1, 0.15) is 5.75 Å². The number of nitro benzene ring substituents is 1. The Hall–Kier alpha value is -3.68. The maximum atomic E-state index is 12.6. The fraction of sp³-hybridized carbons (Fsp3) is 0.158. The van der Waals surface area contributed by atoms with Crippen molar-refractivity contribution < 1.29 is 14.5 Å². The number of hydrogen-bond acceptors (Lipinski definition) is 5. The lowest BCUT2D eigenvalue weighted by Gasteiger charge is -2.17. The summed E-state index contributed by atoms with van der Waals surface area (Å²) in [4.78, 5) is 39.3. The van der Waals surface area contributed by atoms with Gasteiger partial charge >= 0.3 is 0 Å². The Morgan fingerprint density at radius 3 is 2.70 bits per heavy atom. The molecule has 1 aromatic heterocycles. The Kier molecular flexibility index (Phi) is 4.89. The van der Waals surface area contributed by atoms with Crippen LogP contribution in [-0.2, 0) is 6.54 Å². The van der Waals surface area contributed by atoms with Gasteiger partial charge in [0.25, 0.3) is 17.2 Å². The molecule has 1 amide bonds. The molecule has 0 aliphatic heterocycles. The predicted molar refractivity (Wildman–Crippen MR) is 100 cm³/mol. The van der Waals surface area contributed by atoms with E-state index < -0.39 is 10.8 Å². The van der Waals surface area contributed by atoms with E-state index in [0.29, 0.717) is 16.8 Å². The van der Waals surface area contributed by atoms with Gasteiger partial charge < -0.3 is 14.6 Å². The molecule has 8 heteroatoms. The number of non-ortho nitro benzene ring substituents is 1. The highest BCUT2D eigenvalue weighted by Gasteiger charge is 2.17. The summed E-state index contributed by atoms with van der Waals surface area (Å²) < 4.78 is 5.19. The molecular weight excluding hydrogens is 350 g/mol. The fourth-order valence-corrected chi connectivity index (χ4v) is 2.77. The molecule has 0 aliphatic rings. The van der Waals surface area contributed by atoms with E-state index >= 15 is 0 Å². The number of H-pyrrole nitrogens is 1. The van der Waals surface area contributed by atoms with E-state index in [2.05, 4.69) is 4.98 Å². The normalized spacial score (nSPS) is 10.6. The molecular formula is C19H17N3O5. The molecule has 0 unspecified atom stereocenters. The van der Waals surface area contributed by atoms with Crippen molar-refractivity contribution in [1.82, 2.24) is 9.88 Å². The second-order valence-electron chi connectivity index (χ2n) is 6.05. The van der Waals surface area contributed by atoms with Crippen molar-refractivity contribution in [3.05, 3.63) is 80.1 Å². The first kappa shape index (κ1) is 18.1. The second-order valence-corrected chi connectivity index (χ2v) is 6.05. The van der Waals surface area contributed by atoms with E-state index in [1.165, 1.54) is 36.2 Å². The highest BCUT2D eigenvalue weighted by molar-refractivity contribution is 5.94. The van der Waals surface area contributed by atoms with Crippen LogP contribution in [-0.4, -0.2) is 34.9 Å². The third kappa shape index (κ3) is 3.79. The van der Waals surface area contributed by atoms with Crippen molar-refractivity contribution >= 4 is 22.5 Å². The Morgan fingerprint density at radius 2 is 2.00 bits per heavy atom. The van der Waals surface area contributed by atoms with E-state index in [1.807, 2.05) is 0 Å². The van der Waals surface area contributed by atoms with Gasteiger partial charge in [0.15, 0.2) is 0 Å². The predicted octanol–water partition coefficient (Wildman–Crippen LogP) is 2.72. The van der Waals surface area contributed by atoms with Crippen molar-refractivity contribution in [2.45, 2.75) is 6.54 Å². The van der Waals surface area contributed by atoms with Crippen LogP contribution in [0.15, 0.2) is 53.3 Å². The third-order valence-electron chi connectivity index (χ3n) is 4.19. The van der Waals surface area contributed by atoms with Crippen LogP contribution >= 0.6 is 0 Å². The summed E-state index contributed by atoms with van der Waals surface area (Å²) in [7, 11) is 3.09. The Balaban J connectivity index is 1.88. The van der Waals surface area contributed by atoms with Crippen LogP contribution in [0.4, 0.5) is 5.69 Å². The van der Waals surface area contributed by atoms with Crippen molar-refractivity contribution in [2.75, 3.05) is 14.2 Å². The Morgan fingerprint density at radius 1 is 1.22 bits per heavy atom. The molecule has 3 rings (SSSR count). The molecule has 3 aromatic rings. The standard InChI is InChI=1S/C19H17N3O5/c1-21(19(24)12-4-3-5-15(9-12)22(25)26)11-14-8-13-10-16(27-2)6-7-17(13)20-18(14)23/h3-10H,11H2,1-2H3,(H,20,23). The van der Waals surface area contributed by atoms with Crippen LogP contribution in [0.2, 0.25) is 0 Å². The number of aromatic nitrogens is 1. The number of nitro groups is 1. The highest BCUT2D eigenvalue weighted by Crippen LogP contribution is 2.20. The number of aromatic amines is 1. The van der Waals surface area contributed by atoms with Gasteiger partial charge in [-0.15, -0.1) is 0 Å². The molecule has 8 nitrogen and oxygen atoms in total. The van der Waals surface area contributed by atoms with Crippen molar-refractivity contribution in [3.63, 3.8) is 0 Å². The first-order chi connectivity index (χ1) is 12.9. The lowest BCUT2D eigenvalue weighted by atomic mass is 10.1. The van der Waals surface area contributed by atoms with Crippen LogP contribution in [0.1, 0.15) is 15.9 Å². The van der Waals surface area contributed by atoms with E-state index in [1.54, 1.807) is 31.4 Å². The molecule has 0 aliphatic carbocycles. The zero-order chi connectivity index (χ0) is 19.6. The quantitative estimate of drug-likeness (QED) is 0.551. The molecule has 0 saturated heterocycles. The molecule has 0 fully saturated rings. The first-order valence-electron chi connectivity index (χ1n) is 8.09. The van der Waals surface area contributed by atoms with Gasteiger partial charge in [0.05, 0.1) is 18.6 Å². The molecule has 0 spiro atoms. The third-order valence-corrected chi connectivity index (χ3v) is 4.19. The molecule has 0 atom stereocenters. The van der Waals surface area contributed by atoms with Crippen LogP contribution in [0.3, 0.4) is 0 Å². The molecule has 138 valence electrons. The minimum Gasteiger partial charge on any atom is -0.497 e. The minimum atomic E-state index is -0.557. The average Bonchev–Trinajstić information content (AvgIpc) is 2.67. The van der Waals surface area contributed by atoms with Crippen LogP contribution in [0.25, 0.3) is 10.9 Å². The van der Waals surface area contributed by atoms with E-state index in [9.17, 15) is 19.7 Å². The van der Waals surface area contributed by atoms with Gasteiger partial charge in [-0.25, -0.2) is 0 Å². The summed E-state index contributed by atoms with van der Waals surface area (Å²) in [5.41, 5.74) is 0.788. The fourth-order valence-electron chi connectivity index (χ4n) is 2.77. The number of carbonyl (C=O) groups excluding carboxylic acids is 1. The summed E-state index contributed by atoms with van der Waals surface area (Å²) in [5.74, 6) is 0.241. The average molecular weight is 367 g/mol. The van der Waals surface area contributed by atoms with Gasteiger partial charge in [-0.1, -0.05) is 6.07 Å². The summed E-state index contributed by atoms with van der Waals surface area (Å²) >= 11 is 0. The van der Waals surface area contributed by atoms with Gasteiger partial charge in [-0.2, -0.15) is 0 Å². The van der Waals surface area contributed by atoms with Gasteiger partial charge in [0.2, 0.25) is 0 Å².